The van der Waals surface area contributed by atoms with E-state index in [1.807, 2.05) is 6.07 Å². The largest absolute Gasteiger partial charge is 0.369 e. The van der Waals surface area contributed by atoms with Crippen molar-refractivity contribution < 1.29 is 4.52 Å². The third kappa shape index (κ3) is 6.87. The maximum Gasteiger partial charge on any atom is 0.191 e. The maximum atomic E-state index is 5.38. The Morgan fingerprint density at radius 2 is 1.80 bits per heavy atom. The Morgan fingerprint density at radius 3 is 2.40 bits per heavy atom. The Bertz CT molecular complexity index is 771. The zero-order valence-electron chi connectivity index (χ0n) is 18.5. The highest BCUT2D eigenvalue weighted by molar-refractivity contribution is 14.0. The molecule has 0 saturated carbocycles. The third-order valence-electron chi connectivity index (χ3n) is 5.45. The summed E-state index contributed by atoms with van der Waals surface area (Å²) in [5.41, 5.74) is 2.29. The number of halogens is 1. The normalized spacial score (nSPS) is 16.3. The summed E-state index contributed by atoms with van der Waals surface area (Å²) in [5, 5.41) is 10.8. The predicted molar refractivity (Wildman–Crippen MR) is 134 cm³/mol. The summed E-state index contributed by atoms with van der Waals surface area (Å²) in [4.78, 5) is 9.31. The first-order chi connectivity index (χ1) is 14.1. The molecule has 2 N–H and O–H groups in total. The molecule has 166 valence electrons. The van der Waals surface area contributed by atoms with E-state index in [1.54, 1.807) is 7.05 Å². The van der Waals surface area contributed by atoms with E-state index in [0.29, 0.717) is 18.5 Å². The molecule has 0 radical (unpaired) electrons. The number of nitrogens with zero attached hydrogens (tertiary/aromatic N) is 4. The summed E-state index contributed by atoms with van der Waals surface area (Å²) in [6, 6.07) is 13.1. The van der Waals surface area contributed by atoms with Gasteiger partial charge < -0.3 is 20.1 Å². The van der Waals surface area contributed by atoms with Gasteiger partial charge in [0.1, 0.15) is 0 Å². The first-order valence-corrected chi connectivity index (χ1v) is 10.5. The molecule has 0 aliphatic carbocycles. The van der Waals surface area contributed by atoms with Crippen LogP contribution in [0, 0.1) is 0 Å². The van der Waals surface area contributed by atoms with Crippen LogP contribution in [0.1, 0.15) is 38.1 Å². The fraction of sp³-hybridized carbons (Fsp3) is 0.545. The van der Waals surface area contributed by atoms with Gasteiger partial charge in [0.15, 0.2) is 11.7 Å². The van der Waals surface area contributed by atoms with Gasteiger partial charge in [-0.1, -0.05) is 37.2 Å². The van der Waals surface area contributed by atoms with Crippen molar-refractivity contribution in [2.75, 3.05) is 44.7 Å². The summed E-state index contributed by atoms with van der Waals surface area (Å²) >= 11 is 0. The van der Waals surface area contributed by atoms with Gasteiger partial charge in [-0.2, -0.15) is 0 Å². The number of guanidine groups is 1. The molecule has 7 nitrogen and oxygen atoms in total. The van der Waals surface area contributed by atoms with Crippen LogP contribution in [0.4, 0.5) is 5.69 Å². The van der Waals surface area contributed by atoms with Gasteiger partial charge in [-0.05, 0) is 25.0 Å². The van der Waals surface area contributed by atoms with Gasteiger partial charge in [0.25, 0.3) is 0 Å². The molecule has 1 fully saturated rings. The third-order valence-corrected chi connectivity index (χ3v) is 5.45. The molecule has 3 rings (SSSR count). The Kier molecular flexibility index (Phi) is 9.90. The van der Waals surface area contributed by atoms with Gasteiger partial charge >= 0.3 is 0 Å². The number of piperazine rings is 1. The minimum Gasteiger partial charge on any atom is -0.369 e. The van der Waals surface area contributed by atoms with E-state index in [2.05, 4.69) is 81.7 Å². The zero-order chi connectivity index (χ0) is 20.6. The SMILES string of the molecule is CN=C(NCc1cc(C(C)C)no1)NCC(C)N1CCN(c2ccccc2)CC1.I. The standard InChI is InChI=1S/C22H34N6O.HI/c1-17(2)21-14-20(29-26-21)16-25-22(23-4)24-15-18(3)27-10-12-28(13-11-27)19-8-6-5-7-9-19;/h5-9,14,17-18H,10-13,15-16H2,1-4H3,(H2,23,24,25);1H. The first kappa shape index (κ1) is 24.5. The predicted octanol–water partition coefficient (Wildman–Crippen LogP) is 3.29. The number of anilines is 1. The molecular weight excluding hydrogens is 491 g/mol. The number of hydrogen-bond acceptors (Lipinski definition) is 5. The maximum absolute atomic E-state index is 5.38. The van der Waals surface area contributed by atoms with E-state index < -0.39 is 0 Å². The van der Waals surface area contributed by atoms with Crippen LogP contribution in [-0.4, -0.2) is 61.8 Å². The van der Waals surface area contributed by atoms with E-state index >= 15 is 0 Å². The fourth-order valence-electron chi connectivity index (χ4n) is 3.51. The average Bonchev–Trinajstić information content (AvgIpc) is 3.24. The lowest BCUT2D eigenvalue weighted by molar-refractivity contribution is 0.197. The molecule has 0 amide bonds. The number of rotatable bonds is 7. The summed E-state index contributed by atoms with van der Waals surface area (Å²) in [7, 11) is 1.79. The molecular formula is C22H35IN6O. The first-order valence-electron chi connectivity index (χ1n) is 10.5. The second-order valence-corrected chi connectivity index (χ2v) is 7.89. The van der Waals surface area contributed by atoms with E-state index in [0.717, 1.165) is 50.1 Å². The Balaban J connectivity index is 0.00000320. The minimum atomic E-state index is 0. The van der Waals surface area contributed by atoms with Gasteiger partial charge in [-0.3, -0.25) is 9.89 Å². The topological polar surface area (TPSA) is 68.9 Å². The van der Waals surface area contributed by atoms with Gasteiger partial charge in [0, 0.05) is 57.6 Å². The van der Waals surface area contributed by atoms with Crippen molar-refractivity contribution in [1.82, 2.24) is 20.7 Å². The van der Waals surface area contributed by atoms with Crippen LogP contribution in [0.15, 0.2) is 45.9 Å². The molecule has 1 aromatic carbocycles. The highest BCUT2D eigenvalue weighted by Crippen LogP contribution is 2.16. The van der Waals surface area contributed by atoms with E-state index in [9.17, 15) is 0 Å². The van der Waals surface area contributed by atoms with Gasteiger partial charge in [0.05, 0.1) is 12.2 Å². The van der Waals surface area contributed by atoms with Crippen LogP contribution in [0.5, 0.6) is 0 Å². The van der Waals surface area contributed by atoms with Crippen LogP contribution in [0.3, 0.4) is 0 Å². The Morgan fingerprint density at radius 1 is 1.10 bits per heavy atom. The minimum absolute atomic E-state index is 0. The van der Waals surface area contributed by atoms with Crippen molar-refractivity contribution in [2.45, 2.75) is 39.3 Å². The highest BCUT2D eigenvalue weighted by Gasteiger charge is 2.21. The lowest BCUT2D eigenvalue weighted by atomic mass is 10.1. The number of aliphatic imine (C=N–C) groups is 1. The number of para-hydroxylation sites is 1. The number of benzene rings is 1. The van der Waals surface area contributed by atoms with Crippen LogP contribution in [0.2, 0.25) is 0 Å². The molecule has 2 aromatic rings. The van der Waals surface area contributed by atoms with Gasteiger partial charge in [-0.15, -0.1) is 24.0 Å². The lowest BCUT2D eigenvalue weighted by Gasteiger charge is -2.39. The van der Waals surface area contributed by atoms with Crippen LogP contribution >= 0.6 is 24.0 Å². The number of hydrogen-bond donors (Lipinski definition) is 2. The molecule has 8 heteroatoms. The number of nitrogens with one attached hydrogen (secondary N) is 2. The molecule has 1 aliphatic rings. The van der Waals surface area contributed by atoms with Crippen LogP contribution < -0.4 is 15.5 Å². The van der Waals surface area contributed by atoms with Crippen molar-refractivity contribution in [1.29, 1.82) is 0 Å². The monoisotopic (exact) mass is 526 g/mol. The van der Waals surface area contributed by atoms with Crippen molar-refractivity contribution in [3.8, 4) is 0 Å². The number of aromatic nitrogens is 1. The molecule has 0 spiro atoms. The van der Waals surface area contributed by atoms with E-state index in [1.165, 1.54) is 5.69 Å². The Hall–Kier alpha value is -1.81. The zero-order valence-corrected chi connectivity index (χ0v) is 20.8. The molecule has 1 aromatic heterocycles. The second-order valence-electron chi connectivity index (χ2n) is 7.89. The summed E-state index contributed by atoms with van der Waals surface area (Å²) in [6.45, 7) is 12.2. The van der Waals surface area contributed by atoms with E-state index in [-0.39, 0.29) is 24.0 Å². The van der Waals surface area contributed by atoms with Gasteiger partial charge in [-0.25, -0.2) is 0 Å². The molecule has 30 heavy (non-hydrogen) atoms. The molecule has 1 saturated heterocycles. The Labute approximate surface area is 197 Å². The van der Waals surface area contributed by atoms with Gasteiger partial charge in [0.2, 0.25) is 0 Å². The molecule has 0 bridgehead atoms. The highest BCUT2D eigenvalue weighted by atomic mass is 127. The fourth-order valence-corrected chi connectivity index (χ4v) is 3.51. The van der Waals surface area contributed by atoms with Crippen molar-refractivity contribution in [2.24, 2.45) is 4.99 Å². The average molecular weight is 526 g/mol. The van der Waals surface area contributed by atoms with Crippen molar-refractivity contribution in [3.63, 3.8) is 0 Å². The molecule has 1 aliphatic heterocycles. The molecule has 1 unspecified atom stereocenters. The van der Waals surface area contributed by atoms with Crippen LogP contribution in [-0.2, 0) is 6.54 Å². The quantitative estimate of drug-likeness (QED) is 0.328. The summed E-state index contributed by atoms with van der Waals surface area (Å²) in [6.07, 6.45) is 0. The van der Waals surface area contributed by atoms with Crippen LogP contribution in [0.25, 0.3) is 0 Å². The smallest absolute Gasteiger partial charge is 0.191 e. The molecule has 2 heterocycles. The lowest BCUT2D eigenvalue weighted by Crippen LogP contribution is -2.53. The van der Waals surface area contributed by atoms with E-state index in [4.69, 9.17) is 4.52 Å². The second kappa shape index (κ2) is 12.1. The van der Waals surface area contributed by atoms with Crippen molar-refractivity contribution in [3.05, 3.63) is 47.9 Å². The molecule has 1 atom stereocenters. The summed E-state index contributed by atoms with van der Waals surface area (Å²) in [5.74, 6) is 1.97. The van der Waals surface area contributed by atoms with Crippen molar-refractivity contribution >= 4 is 35.6 Å². The summed E-state index contributed by atoms with van der Waals surface area (Å²) < 4.78 is 5.38.